The van der Waals surface area contributed by atoms with E-state index in [1.54, 1.807) is 18.2 Å². The molecule has 18 heavy (non-hydrogen) atoms. The van der Waals surface area contributed by atoms with E-state index in [1.807, 2.05) is 0 Å². The number of benzene rings is 1. The summed E-state index contributed by atoms with van der Waals surface area (Å²) in [5.41, 5.74) is 0.595. The molecule has 1 unspecified atom stereocenters. The van der Waals surface area contributed by atoms with Crippen LogP contribution in [0.5, 0.6) is 0 Å². The zero-order valence-corrected chi connectivity index (χ0v) is 9.95. The molecule has 0 spiro atoms. The fourth-order valence-electron chi connectivity index (χ4n) is 2.72. The maximum absolute atomic E-state index is 11.0. The molecule has 5 nitrogen and oxygen atoms in total. The smallest absolute Gasteiger partial charge is 0.277 e. The minimum Gasteiger partial charge on any atom is -0.342 e. The zero-order valence-electron chi connectivity index (χ0n) is 9.95. The van der Waals surface area contributed by atoms with Crippen LogP contribution in [0.2, 0.25) is 0 Å². The molecule has 1 aliphatic heterocycles. The minimum absolute atomic E-state index is 0.0705. The van der Waals surface area contributed by atoms with Crippen LogP contribution in [0.4, 0.5) is 5.69 Å². The second-order valence-electron chi connectivity index (χ2n) is 4.78. The molecular weight excluding hydrogens is 234 g/mol. The first-order chi connectivity index (χ1) is 8.75. The number of hydrogen-bond donors (Lipinski definition) is 0. The van der Waals surface area contributed by atoms with Gasteiger partial charge in [0.25, 0.3) is 5.69 Å². The predicted molar refractivity (Wildman–Crippen MR) is 64.1 cm³/mol. The van der Waals surface area contributed by atoms with Crippen molar-refractivity contribution in [3.05, 3.63) is 39.9 Å². The van der Waals surface area contributed by atoms with Crippen LogP contribution < -0.4 is 0 Å². The van der Waals surface area contributed by atoms with Crippen molar-refractivity contribution in [1.82, 2.24) is 0 Å². The molecule has 1 saturated heterocycles. The van der Waals surface area contributed by atoms with E-state index in [9.17, 15) is 10.1 Å². The fraction of sp³-hybridized carbons (Fsp3) is 0.538. The number of nitrogens with zero attached hydrogens (tertiary/aromatic N) is 1. The summed E-state index contributed by atoms with van der Waals surface area (Å²) in [7, 11) is 0. The third-order valence-corrected chi connectivity index (χ3v) is 3.63. The van der Waals surface area contributed by atoms with Crippen molar-refractivity contribution in [2.24, 2.45) is 0 Å². The van der Waals surface area contributed by atoms with E-state index in [2.05, 4.69) is 0 Å². The number of fused-ring (bicyclic) bond motifs is 1. The first-order valence-electron chi connectivity index (χ1n) is 6.30. The molecule has 1 aromatic rings. The topological polar surface area (TPSA) is 61.6 Å². The van der Waals surface area contributed by atoms with Crippen molar-refractivity contribution in [1.29, 1.82) is 0 Å². The lowest BCUT2D eigenvalue weighted by Gasteiger charge is -2.21. The van der Waals surface area contributed by atoms with Gasteiger partial charge in [-0.2, -0.15) is 0 Å². The lowest BCUT2D eigenvalue weighted by Crippen LogP contribution is -2.25. The van der Waals surface area contributed by atoms with Gasteiger partial charge in [0, 0.05) is 6.07 Å². The van der Waals surface area contributed by atoms with Crippen LogP contribution >= 0.6 is 0 Å². The minimum atomic E-state index is -0.584. The van der Waals surface area contributed by atoms with Gasteiger partial charge in [-0.15, -0.1) is 0 Å². The van der Waals surface area contributed by atoms with Crippen molar-refractivity contribution in [3.63, 3.8) is 0 Å². The molecule has 5 heteroatoms. The van der Waals surface area contributed by atoms with E-state index >= 15 is 0 Å². The molecule has 1 aliphatic carbocycles. The number of para-hydroxylation sites is 1. The average molecular weight is 249 g/mol. The molecule has 0 bridgehead atoms. The molecule has 0 radical (unpaired) electrons. The molecular formula is C13H15NO4. The quantitative estimate of drug-likeness (QED) is 0.597. The van der Waals surface area contributed by atoms with E-state index in [1.165, 1.54) is 6.07 Å². The molecule has 0 N–H and O–H groups in total. The van der Waals surface area contributed by atoms with Gasteiger partial charge >= 0.3 is 0 Å². The average Bonchev–Trinajstić information content (AvgIpc) is 2.82. The van der Waals surface area contributed by atoms with Crippen LogP contribution in [0.1, 0.15) is 37.5 Å². The lowest BCUT2D eigenvalue weighted by molar-refractivity contribution is -0.386. The Bertz CT molecular complexity index is 448. The third kappa shape index (κ3) is 2.00. The molecule has 3 rings (SSSR count). The number of rotatable bonds is 2. The van der Waals surface area contributed by atoms with Crippen molar-refractivity contribution < 1.29 is 14.4 Å². The molecule has 1 aromatic carbocycles. The Morgan fingerprint density at radius 3 is 2.33 bits per heavy atom. The maximum atomic E-state index is 11.0. The van der Waals surface area contributed by atoms with Gasteiger partial charge in [0.05, 0.1) is 22.7 Å². The largest absolute Gasteiger partial charge is 0.342 e. The van der Waals surface area contributed by atoms with E-state index in [4.69, 9.17) is 9.47 Å². The van der Waals surface area contributed by atoms with Gasteiger partial charge in [-0.1, -0.05) is 25.0 Å². The Labute approximate surface area is 105 Å². The van der Waals surface area contributed by atoms with Gasteiger partial charge < -0.3 is 9.47 Å². The van der Waals surface area contributed by atoms with Gasteiger partial charge in [-0.05, 0) is 18.9 Å². The highest BCUT2D eigenvalue weighted by Gasteiger charge is 2.40. The summed E-state index contributed by atoms with van der Waals surface area (Å²) in [6.45, 7) is 0. The summed E-state index contributed by atoms with van der Waals surface area (Å²) < 4.78 is 11.6. The first kappa shape index (κ1) is 11.6. The van der Waals surface area contributed by atoms with E-state index in [-0.39, 0.29) is 22.8 Å². The summed E-state index contributed by atoms with van der Waals surface area (Å²) in [5, 5.41) is 11.0. The first-order valence-corrected chi connectivity index (χ1v) is 6.30. The van der Waals surface area contributed by atoms with Crippen LogP contribution in [0.15, 0.2) is 24.3 Å². The Kier molecular flexibility index (Phi) is 3.01. The van der Waals surface area contributed by atoms with Crippen molar-refractivity contribution >= 4 is 5.69 Å². The van der Waals surface area contributed by atoms with Gasteiger partial charge in [-0.3, -0.25) is 10.1 Å². The summed E-state index contributed by atoms with van der Waals surface area (Å²) >= 11 is 0. The third-order valence-electron chi connectivity index (χ3n) is 3.63. The van der Waals surface area contributed by atoms with Crippen LogP contribution in [-0.4, -0.2) is 17.1 Å². The number of nitro groups is 1. The highest BCUT2D eigenvalue weighted by molar-refractivity contribution is 5.40. The molecule has 1 saturated carbocycles. The van der Waals surface area contributed by atoms with Gasteiger partial charge in [0.1, 0.15) is 0 Å². The molecule has 2 fully saturated rings. The Balaban J connectivity index is 1.85. The number of ether oxygens (including phenoxy) is 2. The Morgan fingerprint density at radius 1 is 1.11 bits per heavy atom. The molecule has 3 atom stereocenters. The second kappa shape index (κ2) is 4.66. The highest BCUT2D eigenvalue weighted by Crippen LogP contribution is 2.40. The summed E-state index contributed by atoms with van der Waals surface area (Å²) in [6.07, 6.45) is 3.89. The standard InChI is InChI=1S/C13H15NO4/c15-14(16)10-6-2-1-5-9(10)13-17-11-7-3-4-8-12(11)18-13/h1-2,5-6,11-13H,3-4,7-8H2/t11-,12+,13?. The number of hydrogen-bond acceptors (Lipinski definition) is 4. The van der Waals surface area contributed by atoms with E-state index in [0.717, 1.165) is 25.7 Å². The summed E-state index contributed by atoms with van der Waals surface area (Å²) in [6, 6.07) is 6.63. The van der Waals surface area contributed by atoms with E-state index < -0.39 is 6.29 Å². The van der Waals surface area contributed by atoms with Crippen LogP contribution in [-0.2, 0) is 9.47 Å². The van der Waals surface area contributed by atoms with Gasteiger partial charge in [0.15, 0.2) is 6.29 Å². The van der Waals surface area contributed by atoms with Crippen molar-refractivity contribution in [3.8, 4) is 0 Å². The summed E-state index contributed by atoms with van der Waals surface area (Å²) in [5.74, 6) is 0. The molecule has 0 aromatic heterocycles. The molecule has 2 aliphatic rings. The molecule has 96 valence electrons. The van der Waals surface area contributed by atoms with Crippen molar-refractivity contribution in [2.75, 3.05) is 0 Å². The second-order valence-corrected chi connectivity index (χ2v) is 4.78. The Hall–Kier alpha value is -1.46. The van der Waals surface area contributed by atoms with E-state index in [0.29, 0.717) is 5.56 Å². The van der Waals surface area contributed by atoms with Crippen LogP contribution in [0.3, 0.4) is 0 Å². The molecule has 1 heterocycles. The lowest BCUT2D eigenvalue weighted by atomic mass is 9.95. The molecule has 0 amide bonds. The fourth-order valence-corrected chi connectivity index (χ4v) is 2.72. The Morgan fingerprint density at radius 2 is 1.72 bits per heavy atom. The normalized spacial score (nSPS) is 31.0. The maximum Gasteiger partial charge on any atom is 0.277 e. The monoisotopic (exact) mass is 249 g/mol. The number of nitro benzene ring substituents is 1. The zero-order chi connectivity index (χ0) is 12.5. The van der Waals surface area contributed by atoms with Gasteiger partial charge in [-0.25, -0.2) is 0 Å². The predicted octanol–water partition coefficient (Wildman–Crippen LogP) is 2.95. The van der Waals surface area contributed by atoms with Gasteiger partial charge in [0.2, 0.25) is 0 Å². The van der Waals surface area contributed by atoms with Crippen LogP contribution in [0.25, 0.3) is 0 Å². The highest BCUT2D eigenvalue weighted by atomic mass is 16.7. The SMILES string of the molecule is O=[N+]([O-])c1ccccc1C1O[C@H]2CCCC[C@H]2O1. The van der Waals surface area contributed by atoms with Crippen LogP contribution in [0, 0.1) is 10.1 Å². The summed E-state index contributed by atoms with van der Waals surface area (Å²) in [4.78, 5) is 10.6. The van der Waals surface area contributed by atoms with Crippen molar-refractivity contribution in [2.45, 2.75) is 44.2 Å².